The van der Waals surface area contributed by atoms with Crippen LogP contribution in [0.4, 0.5) is 11.4 Å². The van der Waals surface area contributed by atoms with Crippen LogP contribution in [0.15, 0.2) is 59.7 Å². The van der Waals surface area contributed by atoms with Crippen LogP contribution in [0.5, 0.6) is 0 Å². The fraction of sp³-hybridized carbons (Fsp3) is 0.292. The van der Waals surface area contributed by atoms with Gasteiger partial charge in [-0.25, -0.2) is 9.48 Å². The Hall–Kier alpha value is -4.01. The number of carbonyl (C=O) groups is 2. The number of pyridine rings is 1. The van der Waals surface area contributed by atoms with Crippen molar-refractivity contribution in [3.8, 4) is 11.3 Å². The average molecular weight is 450 g/mol. The molecule has 1 aromatic carbocycles. The van der Waals surface area contributed by atoms with Gasteiger partial charge in [-0.1, -0.05) is 43.7 Å². The molecule has 0 spiro atoms. The van der Waals surface area contributed by atoms with Crippen molar-refractivity contribution >= 4 is 23.3 Å². The molecule has 3 rings (SSSR count). The molecule has 0 aliphatic carbocycles. The quantitative estimate of drug-likeness (QED) is 0.365. The van der Waals surface area contributed by atoms with Crippen molar-refractivity contribution in [1.29, 1.82) is 0 Å². The van der Waals surface area contributed by atoms with Gasteiger partial charge in [-0.05, 0) is 25.5 Å². The van der Waals surface area contributed by atoms with Gasteiger partial charge in [0, 0.05) is 24.7 Å². The van der Waals surface area contributed by atoms with Gasteiger partial charge in [0.2, 0.25) is 6.79 Å². The molecule has 0 bridgehead atoms. The fourth-order valence-corrected chi connectivity index (χ4v) is 3.09. The summed E-state index contributed by atoms with van der Waals surface area (Å²) in [6.07, 6.45) is 4.90. The average Bonchev–Trinajstić information content (AvgIpc) is 2.84. The van der Waals surface area contributed by atoms with Crippen LogP contribution >= 0.6 is 0 Å². The standard InChI is InChI=1S/C24H26N4O5/c1-3-5-13-19(29)32-16-33-24(31)20-21(17-10-7-6-8-11-17)27-28(4-2)23(30)22(20)26-18-12-9-14-25-15-18/h6-12,14-15,26H,3-5,13,16H2,1-2H3. The number of unbranched alkanes of at least 4 members (excludes halogenated alkanes) is 1. The van der Waals surface area contributed by atoms with Gasteiger partial charge in [-0.15, -0.1) is 0 Å². The highest BCUT2D eigenvalue weighted by Gasteiger charge is 2.26. The van der Waals surface area contributed by atoms with E-state index >= 15 is 0 Å². The van der Waals surface area contributed by atoms with E-state index in [1.54, 1.807) is 49.5 Å². The van der Waals surface area contributed by atoms with Crippen molar-refractivity contribution < 1.29 is 19.1 Å². The molecule has 33 heavy (non-hydrogen) atoms. The highest BCUT2D eigenvalue weighted by atomic mass is 16.7. The zero-order valence-corrected chi connectivity index (χ0v) is 18.6. The first-order valence-electron chi connectivity index (χ1n) is 10.8. The molecule has 0 amide bonds. The summed E-state index contributed by atoms with van der Waals surface area (Å²) in [5, 5.41) is 7.40. The highest BCUT2D eigenvalue weighted by Crippen LogP contribution is 2.27. The Labute approximate surface area is 191 Å². The molecule has 0 atom stereocenters. The van der Waals surface area contributed by atoms with Gasteiger partial charge in [-0.3, -0.25) is 14.6 Å². The van der Waals surface area contributed by atoms with Gasteiger partial charge in [0.05, 0.1) is 11.9 Å². The molecule has 1 N–H and O–H groups in total. The normalized spacial score (nSPS) is 10.5. The van der Waals surface area contributed by atoms with Gasteiger partial charge in [-0.2, -0.15) is 5.10 Å². The zero-order chi connectivity index (χ0) is 23.6. The lowest BCUT2D eigenvalue weighted by Crippen LogP contribution is -2.29. The second kappa shape index (κ2) is 11.6. The highest BCUT2D eigenvalue weighted by molar-refractivity contribution is 6.02. The Bertz CT molecular complexity index is 1150. The van der Waals surface area contributed by atoms with Gasteiger partial charge >= 0.3 is 11.9 Å². The number of anilines is 2. The lowest BCUT2D eigenvalue weighted by molar-refractivity contribution is -0.152. The molecule has 0 saturated carbocycles. The molecule has 0 aliphatic rings. The number of nitrogens with one attached hydrogen (secondary N) is 1. The van der Waals surface area contributed by atoms with E-state index in [-0.39, 0.29) is 23.4 Å². The molecule has 0 unspecified atom stereocenters. The summed E-state index contributed by atoms with van der Waals surface area (Å²) in [5.41, 5.74) is 0.868. The van der Waals surface area contributed by atoms with Crippen LogP contribution in [0, 0.1) is 0 Å². The molecule has 0 saturated heterocycles. The number of ether oxygens (including phenoxy) is 2. The Morgan fingerprint density at radius 2 is 1.85 bits per heavy atom. The maximum Gasteiger partial charge on any atom is 0.345 e. The topological polar surface area (TPSA) is 112 Å². The van der Waals surface area contributed by atoms with Crippen LogP contribution in [0.2, 0.25) is 0 Å². The maximum atomic E-state index is 13.1. The maximum absolute atomic E-state index is 13.1. The van der Waals surface area contributed by atoms with Crippen molar-refractivity contribution in [2.24, 2.45) is 0 Å². The minimum Gasteiger partial charge on any atom is -0.428 e. The smallest absolute Gasteiger partial charge is 0.345 e. The Kier molecular flexibility index (Phi) is 8.29. The first-order valence-corrected chi connectivity index (χ1v) is 10.8. The molecular formula is C24H26N4O5. The second-order valence-electron chi connectivity index (χ2n) is 7.12. The van der Waals surface area contributed by atoms with E-state index in [9.17, 15) is 14.4 Å². The SMILES string of the molecule is CCCCC(=O)OCOC(=O)c1c(-c2ccccc2)nn(CC)c(=O)c1Nc1cccnc1. The van der Waals surface area contributed by atoms with E-state index in [1.807, 2.05) is 13.0 Å². The number of hydrogen-bond donors (Lipinski definition) is 1. The predicted octanol–water partition coefficient (Wildman–Crippen LogP) is 3.92. The van der Waals surface area contributed by atoms with E-state index in [0.717, 1.165) is 6.42 Å². The molecule has 9 nitrogen and oxygen atoms in total. The minimum atomic E-state index is -0.837. The van der Waals surface area contributed by atoms with Crippen LogP contribution in [-0.2, 0) is 20.8 Å². The van der Waals surface area contributed by atoms with Crippen molar-refractivity contribution in [1.82, 2.24) is 14.8 Å². The summed E-state index contributed by atoms with van der Waals surface area (Å²) >= 11 is 0. The lowest BCUT2D eigenvalue weighted by Gasteiger charge is -2.17. The number of nitrogens with zero attached hydrogens (tertiary/aromatic N) is 3. The third-order valence-electron chi connectivity index (χ3n) is 4.78. The van der Waals surface area contributed by atoms with E-state index in [2.05, 4.69) is 15.4 Å². The third-order valence-corrected chi connectivity index (χ3v) is 4.78. The van der Waals surface area contributed by atoms with Crippen LogP contribution in [0.1, 0.15) is 43.5 Å². The molecule has 0 radical (unpaired) electrons. The summed E-state index contributed by atoms with van der Waals surface area (Å²) in [6.45, 7) is 3.48. The van der Waals surface area contributed by atoms with Gasteiger partial charge < -0.3 is 14.8 Å². The molecule has 2 heterocycles. The van der Waals surface area contributed by atoms with E-state index in [0.29, 0.717) is 24.2 Å². The largest absolute Gasteiger partial charge is 0.428 e. The second-order valence-corrected chi connectivity index (χ2v) is 7.12. The van der Waals surface area contributed by atoms with E-state index < -0.39 is 24.3 Å². The summed E-state index contributed by atoms with van der Waals surface area (Å²) in [5.74, 6) is -1.29. The van der Waals surface area contributed by atoms with Gasteiger partial charge in [0.15, 0.2) is 0 Å². The number of benzene rings is 1. The van der Waals surface area contributed by atoms with Crippen LogP contribution in [0.25, 0.3) is 11.3 Å². The van der Waals surface area contributed by atoms with Crippen LogP contribution in [0.3, 0.4) is 0 Å². The Balaban J connectivity index is 2.02. The predicted molar refractivity (Wildman–Crippen MR) is 123 cm³/mol. The van der Waals surface area contributed by atoms with Crippen molar-refractivity contribution in [3.05, 3.63) is 70.8 Å². The number of esters is 2. The monoisotopic (exact) mass is 450 g/mol. The van der Waals surface area contributed by atoms with Crippen molar-refractivity contribution in [2.75, 3.05) is 12.1 Å². The molecule has 2 aromatic heterocycles. The first kappa shape index (κ1) is 23.6. The summed E-state index contributed by atoms with van der Waals surface area (Å²) in [6, 6.07) is 12.4. The molecule has 172 valence electrons. The number of rotatable bonds is 10. The summed E-state index contributed by atoms with van der Waals surface area (Å²) < 4.78 is 11.5. The number of aryl methyl sites for hydroxylation is 1. The van der Waals surface area contributed by atoms with Crippen LogP contribution < -0.4 is 10.9 Å². The molecule has 0 aliphatic heterocycles. The fourth-order valence-electron chi connectivity index (χ4n) is 3.09. The van der Waals surface area contributed by atoms with Gasteiger partial charge in [0.25, 0.3) is 5.56 Å². The van der Waals surface area contributed by atoms with Crippen molar-refractivity contribution in [3.63, 3.8) is 0 Å². The van der Waals surface area contributed by atoms with E-state index in [1.165, 1.54) is 10.9 Å². The number of hydrogen-bond acceptors (Lipinski definition) is 8. The molecule has 0 fully saturated rings. The van der Waals surface area contributed by atoms with Gasteiger partial charge in [0.1, 0.15) is 16.9 Å². The summed E-state index contributed by atoms with van der Waals surface area (Å²) in [4.78, 5) is 42.1. The number of aromatic nitrogens is 3. The van der Waals surface area contributed by atoms with E-state index in [4.69, 9.17) is 9.47 Å². The Morgan fingerprint density at radius 3 is 2.52 bits per heavy atom. The zero-order valence-electron chi connectivity index (χ0n) is 18.6. The van der Waals surface area contributed by atoms with Crippen LogP contribution in [-0.4, -0.2) is 33.5 Å². The number of carbonyl (C=O) groups excluding carboxylic acids is 2. The summed E-state index contributed by atoms with van der Waals surface area (Å²) in [7, 11) is 0. The first-order chi connectivity index (χ1) is 16.0. The molecule has 9 heteroatoms. The minimum absolute atomic E-state index is 0.000938. The third kappa shape index (κ3) is 6.03. The Morgan fingerprint density at radius 1 is 1.06 bits per heavy atom. The van der Waals surface area contributed by atoms with Crippen molar-refractivity contribution in [2.45, 2.75) is 39.7 Å². The molecular weight excluding hydrogens is 424 g/mol. The molecule has 3 aromatic rings. The lowest BCUT2D eigenvalue weighted by atomic mass is 10.0.